The number of anilines is 1. The van der Waals surface area contributed by atoms with Gasteiger partial charge in [-0.15, -0.1) is 0 Å². The minimum absolute atomic E-state index is 0.0581. The SMILES string of the molecule is CCCNC(=O)CN1CCN(c2ccc([N+](=O)[O-])c3cccnc23)CC1. The zero-order valence-electron chi connectivity index (χ0n) is 14.9. The lowest BCUT2D eigenvalue weighted by molar-refractivity contribution is -0.383. The van der Waals surface area contributed by atoms with Crippen molar-refractivity contribution >= 4 is 28.2 Å². The van der Waals surface area contributed by atoms with Crippen molar-refractivity contribution in [1.29, 1.82) is 0 Å². The minimum Gasteiger partial charge on any atom is -0.367 e. The summed E-state index contributed by atoms with van der Waals surface area (Å²) < 4.78 is 0. The topological polar surface area (TPSA) is 91.6 Å². The lowest BCUT2D eigenvalue weighted by Crippen LogP contribution is -2.49. The first-order chi connectivity index (χ1) is 12.6. The zero-order valence-corrected chi connectivity index (χ0v) is 14.9. The third-order valence-corrected chi connectivity index (χ3v) is 4.57. The van der Waals surface area contributed by atoms with Gasteiger partial charge in [-0.3, -0.25) is 24.8 Å². The molecule has 1 aromatic heterocycles. The molecule has 2 heterocycles. The summed E-state index contributed by atoms with van der Waals surface area (Å²) in [5.74, 6) is 0.0581. The number of nitrogens with zero attached hydrogens (tertiary/aromatic N) is 4. The van der Waals surface area contributed by atoms with Crippen molar-refractivity contribution in [3.05, 3.63) is 40.6 Å². The lowest BCUT2D eigenvalue weighted by atomic mass is 10.1. The highest BCUT2D eigenvalue weighted by Crippen LogP contribution is 2.32. The Morgan fingerprint density at radius 3 is 2.73 bits per heavy atom. The summed E-state index contributed by atoms with van der Waals surface area (Å²) in [6.45, 7) is 6.19. The molecule has 0 aliphatic carbocycles. The minimum atomic E-state index is -0.374. The van der Waals surface area contributed by atoms with Gasteiger partial charge in [0.1, 0.15) is 5.52 Å². The summed E-state index contributed by atoms with van der Waals surface area (Å²) in [6, 6.07) is 6.77. The van der Waals surface area contributed by atoms with E-state index in [1.807, 2.05) is 6.92 Å². The van der Waals surface area contributed by atoms with Crippen molar-refractivity contribution in [2.75, 3.05) is 44.2 Å². The van der Waals surface area contributed by atoms with Crippen LogP contribution in [0.2, 0.25) is 0 Å². The van der Waals surface area contributed by atoms with Crippen LogP contribution in [-0.4, -0.2) is 60.0 Å². The van der Waals surface area contributed by atoms with Crippen LogP contribution in [0.5, 0.6) is 0 Å². The Kier molecular flexibility index (Phi) is 5.62. The molecule has 2 aromatic rings. The smallest absolute Gasteiger partial charge is 0.278 e. The van der Waals surface area contributed by atoms with Gasteiger partial charge < -0.3 is 10.2 Å². The molecule has 0 atom stereocenters. The summed E-state index contributed by atoms with van der Waals surface area (Å²) in [5.41, 5.74) is 1.63. The fraction of sp³-hybridized carbons (Fsp3) is 0.444. The van der Waals surface area contributed by atoms with Crippen LogP contribution in [0.4, 0.5) is 11.4 Å². The number of benzene rings is 1. The monoisotopic (exact) mass is 357 g/mol. The van der Waals surface area contributed by atoms with Gasteiger partial charge in [-0.05, 0) is 24.6 Å². The number of rotatable bonds is 6. The highest BCUT2D eigenvalue weighted by atomic mass is 16.6. The Balaban J connectivity index is 1.71. The van der Waals surface area contributed by atoms with Crippen LogP contribution in [-0.2, 0) is 4.79 Å². The molecule has 3 rings (SSSR count). The van der Waals surface area contributed by atoms with E-state index in [1.165, 1.54) is 0 Å². The van der Waals surface area contributed by atoms with Crippen LogP contribution in [0.25, 0.3) is 10.9 Å². The highest BCUT2D eigenvalue weighted by molar-refractivity contribution is 5.97. The fourth-order valence-electron chi connectivity index (χ4n) is 3.23. The number of piperazine rings is 1. The summed E-state index contributed by atoms with van der Waals surface area (Å²) in [7, 11) is 0. The van der Waals surface area contributed by atoms with Crippen LogP contribution in [0, 0.1) is 10.1 Å². The van der Waals surface area contributed by atoms with Gasteiger partial charge in [-0.2, -0.15) is 0 Å². The van der Waals surface area contributed by atoms with E-state index in [4.69, 9.17) is 0 Å². The average molecular weight is 357 g/mol. The molecule has 1 aliphatic heterocycles. The number of fused-ring (bicyclic) bond motifs is 1. The van der Waals surface area contributed by atoms with Crippen LogP contribution in [0.1, 0.15) is 13.3 Å². The number of pyridine rings is 1. The number of aromatic nitrogens is 1. The van der Waals surface area contributed by atoms with Gasteiger partial charge in [-0.25, -0.2) is 0 Å². The molecule has 0 spiro atoms. The number of non-ortho nitro benzene ring substituents is 1. The molecule has 138 valence electrons. The van der Waals surface area contributed by atoms with Crippen molar-refractivity contribution in [1.82, 2.24) is 15.2 Å². The third-order valence-electron chi connectivity index (χ3n) is 4.57. The standard InChI is InChI=1S/C18H23N5O3/c1-2-7-19-17(24)13-21-9-11-22(12-10-21)16-6-5-15(23(25)26)14-4-3-8-20-18(14)16/h3-6,8H,2,7,9-13H2,1H3,(H,19,24). The summed E-state index contributed by atoms with van der Waals surface area (Å²) in [4.78, 5) is 31.4. The molecule has 0 bridgehead atoms. The number of nitro benzene ring substituents is 1. The first-order valence-electron chi connectivity index (χ1n) is 8.86. The number of carbonyl (C=O) groups is 1. The molecule has 1 amide bonds. The van der Waals surface area contributed by atoms with Crippen LogP contribution < -0.4 is 10.2 Å². The molecule has 0 saturated carbocycles. The number of nitro groups is 1. The zero-order chi connectivity index (χ0) is 18.5. The van der Waals surface area contributed by atoms with Gasteiger partial charge in [-0.1, -0.05) is 6.92 Å². The largest absolute Gasteiger partial charge is 0.367 e. The Morgan fingerprint density at radius 1 is 1.27 bits per heavy atom. The van der Waals surface area contributed by atoms with E-state index >= 15 is 0 Å². The molecule has 8 nitrogen and oxygen atoms in total. The van der Waals surface area contributed by atoms with E-state index in [0.717, 1.165) is 38.3 Å². The molecule has 8 heteroatoms. The van der Waals surface area contributed by atoms with Gasteiger partial charge in [0.25, 0.3) is 5.69 Å². The van der Waals surface area contributed by atoms with Crippen molar-refractivity contribution in [2.24, 2.45) is 0 Å². The Labute approximate surface area is 151 Å². The number of carbonyl (C=O) groups excluding carboxylic acids is 1. The number of amides is 1. The number of nitrogens with one attached hydrogen (secondary N) is 1. The number of hydrogen-bond acceptors (Lipinski definition) is 6. The van der Waals surface area contributed by atoms with E-state index < -0.39 is 0 Å². The lowest BCUT2D eigenvalue weighted by Gasteiger charge is -2.36. The molecule has 0 unspecified atom stereocenters. The van der Waals surface area contributed by atoms with Crippen molar-refractivity contribution in [2.45, 2.75) is 13.3 Å². The van der Waals surface area contributed by atoms with E-state index in [2.05, 4.69) is 20.1 Å². The summed E-state index contributed by atoms with van der Waals surface area (Å²) >= 11 is 0. The summed E-state index contributed by atoms with van der Waals surface area (Å²) in [6.07, 6.45) is 2.59. The second-order valence-electron chi connectivity index (χ2n) is 6.37. The molecule has 1 aromatic carbocycles. The van der Waals surface area contributed by atoms with E-state index in [9.17, 15) is 14.9 Å². The van der Waals surface area contributed by atoms with E-state index in [1.54, 1.807) is 30.5 Å². The van der Waals surface area contributed by atoms with Gasteiger partial charge in [0.15, 0.2) is 0 Å². The maximum Gasteiger partial charge on any atom is 0.278 e. The van der Waals surface area contributed by atoms with E-state index in [-0.39, 0.29) is 16.5 Å². The maximum absolute atomic E-state index is 11.9. The Bertz CT molecular complexity index is 803. The van der Waals surface area contributed by atoms with Crippen LogP contribution >= 0.6 is 0 Å². The molecule has 1 N–H and O–H groups in total. The molecular formula is C18H23N5O3. The van der Waals surface area contributed by atoms with Crippen molar-refractivity contribution in [3.63, 3.8) is 0 Å². The third kappa shape index (κ3) is 3.91. The number of hydrogen-bond donors (Lipinski definition) is 1. The van der Waals surface area contributed by atoms with Gasteiger partial charge in [0, 0.05) is 45.0 Å². The fourth-order valence-corrected chi connectivity index (χ4v) is 3.23. The normalized spacial score (nSPS) is 15.2. The molecule has 0 radical (unpaired) electrons. The average Bonchev–Trinajstić information content (AvgIpc) is 2.66. The molecule has 26 heavy (non-hydrogen) atoms. The first-order valence-corrected chi connectivity index (χ1v) is 8.86. The van der Waals surface area contributed by atoms with Gasteiger partial charge in [0.2, 0.25) is 5.91 Å². The summed E-state index contributed by atoms with van der Waals surface area (Å²) in [5, 5.41) is 14.7. The van der Waals surface area contributed by atoms with Crippen LogP contribution in [0.3, 0.4) is 0 Å². The molecule has 1 saturated heterocycles. The molecular weight excluding hydrogens is 334 g/mol. The second-order valence-corrected chi connectivity index (χ2v) is 6.37. The van der Waals surface area contributed by atoms with Crippen molar-refractivity contribution in [3.8, 4) is 0 Å². The first kappa shape index (κ1) is 18.1. The second kappa shape index (κ2) is 8.09. The van der Waals surface area contributed by atoms with Gasteiger partial charge in [0.05, 0.1) is 22.5 Å². The predicted molar refractivity (Wildman–Crippen MR) is 100 cm³/mol. The quantitative estimate of drug-likeness (QED) is 0.626. The predicted octanol–water partition coefficient (Wildman–Crippen LogP) is 1.79. The Hall–Kier alpha value is -2.74. The van der Waals surface area contributed by atoms with E-state index in [0.29, 0.717) is 24.0 Å². The van der Waals surface area contributed by atoms with Gasteiger partial charge >= 0.3 is 0 Å². The highest BCUT2D eigenvalue weighted by Gasteiger charge is 2.23. The molecule has 1 aliphatic rings. The van der Waals surface area contributed by atoms with Crippen molar-refractivity contribution < 1.29 is 9.72 Å². The Morgan fingerprint density at radius 2 is 2.04 bits per heavy atom. The molecule has 1 fully saturated rings. The van der Waals surface area contributed by atoms with Crippen LogP contribution in [0.15, 0.2) is 30.5 Å². The maximum atomic E-state index is 11.9.